The molecule has 2 rings (SSSR count). The molecule has 1 aliphatic carbocycles. The third-order valence-electron chi connectivity index (χ3n) is 3.67. The van der Waals surface area contributed by atoms with Crippen molar-refractivity contribution in [2.75, 3.05) is 24.6 Å². The van der Waals surface area contributed by atoms with Gasteiger partial charge < -0.3 is 11.1 Å². The lowest BCUT2D eigenvalue weighted by molar-refractivity contribution is -0.123. The minimum Gasteiger partial charge on any atom is -0.399 e. The van der Waals surface area contributed by atoms with Gasteiger partial charge in [0.1, 0.15) is 0 Å². The number of nitrogens with one attached hydrogen (secondary N) is 2. The van der Waals surface area contributed by atoms with Crippen LogP contribution in [-0.2, 0) is 20.2 Å². The summed E-state index contributed by atoms with van der Waals surface area (Å²) in [6, 6.07) is 7.27. The molecule has 1 aromatic rings. The van der Waals surface area contributed by atoms with Crippen LogP contribution in [-0.4, -0.2) is 33.2 Å². The summed E-state index contributed by atoms with van der Waals surface area (Å²) in [5.41, 5.74) is 6.74. The molecule has 0 aliphatic heterocycles. The summed E-state index contributed by atoms with van der Waals surface area (Å²) in [5, 5.41) is 2.72. The molecule has 0 unspecified atom stereocenters. The van der Waals surface area contributed by atoms with Crippen molar-refractivity contribution in [2.24, 2.45) is 0 Å². The molecular weight excluding hydrogens is 290 g/mol. The van der Waals surface area contributed by atoms with Crippen LogP contribution in [0.5, 0.6) is 0 Å². The fourth-order valence-electron chi connectivity index (χ4n) is 2.33. The number of hydrogen-bond donors (Lipinski definition) is 3. The summed E-state index contributed by atoms with van der Waals surface area (Å²) in [5.74, 6) is -0.219. The largest absolute Gasteiger partial charge is 0.399 e. The third kappa shape index (κ3) is 3.74. The standard InChI is InChI=1S/C14H21N3O3S/c1-2-17-21(19,20)10-9-16-13(18)14(7-8-14)11-3-5-12(15)6-4-11/h3-6,17H,2,7-10,15H2,1H3,(H,16,18). The molecule has 21 heavy (non-hydrogen) atoms. The smallest absolute Gasteiger partial charge is 0.230 e. The Morgan fingerprint density at radius 1 is 1.29 bits per heavy atom. The topological polar surface area (TPSA) is 101 Å². The normalized spacial score (nSPS) is 16.4. The second kappa shape index (κ2) is 6.03. The Morgan fingerprint density at radius 3 is 2.43 bits per heavy atom. The Kier molecular flexibility index (Phi) is 4.53. The maximum atomic E-state index is 12.3. The first-order valence-corrected chi connectivity index (χ1v) is 8.66. The van der Waals surface area contributed by atoms with Gasteiger partial charge in [-0.3, -0.25) is 4.79 Å². The number of nitrogens with two attached hydrogens (primary N) is 1. The number of sulfonamides is 1. The van der Waals surface area contributed by atoms with Crippen molar-refractivity contribution >= 4 is 21.6 Å². The molecule has 0 aromatic heterocycles. The van der Waals surface area contributed by atoms with Crippen molar-refractivity contribution in [3.05, 3.63) is 29.8 Å². The summed E-state index contributed by atoms with van der Waals surface area (Å²) in [7, 11) is -3.30. The van der Waals surface area contributed by atoms with E-state index in [0.29, 0.717) is 12.2 Å². The molecule has 7 heteroatoms. The van der Waals surface area contributed by atoms with Crippen LogP contribution < -0.4 is 15.8 Å². The van der Waals surface area contributed by atoms with Gasteiger partial charge in [0, 0.05) is 18.8 Å². The highest BCUT2D eigenvalue weighted by atomic mass is 32.2. The molecule has 0 bridgehead atoms. The highest BCUT2D eigenvalue weighted by Crippen LogP contribution is 2.48. The summed E-state index contributed by atoms with van der Waals surface area (Å²) < 4.78 is 25.4. The van der Waals surface area contributed by atoms with Gasteiger partial charge in [0.25, 0.3) is 0 Å². The summed E-state index contributed by atoms with van der Waals surface area (Å²) >= 11 is 0. The number of carbonyl (C=O) groups is 1. The van der Waals surface area contributed by atoms with Crippen molar-refractivity contribution in [3.8, 4) is 0 Å². The number of nitrogen functional groups attached to an aromatic ring is 1. The zero-order valence-corrected chi connectivity index (χ0v) is 12.9. The van der Waals surface area contributed by atoms with Gasteiger partial charge in [-0.05, 0) is 30.5 Å². The van der Waals surface area contributed by atoms with Gasteiger partial charge in [-0.1, -0.05) is 19.1 Å². The predicted octanol–water partition coefficient (Wildman–Crippen LogP) is 0.356. The lowest BCUT2D eigenvalue weighted by atomic mass is 9.95. The SMILES string of the molecule is CCNS(=O)(=O)CCNC(=O)C1(c2ccc(N)cc2)CC1. The zero-order chi connectivity index (χ0) is 15.5. The first-order chi connectivity index (χ1) is 9.89. The molecule has 116 valence electrons. The Labute approximate surface area is 125 Å². The van der Waals surface area contributed by atoms with E-state index in [1.807, 2.05) is 12.1 Å². The number of carbonyl (C=O) groups excluding carboxylic acids is 1. The van der Waals surface area contributed by atoms with Crippen LogP contribution in [0, 0.1) is 0 Å². The van der Waals surface area contributed by atoms with Gasteiger partial charge in [-0.25, -0.2) is 13.1 Å². The molecule has 0 atom stereocenters. The molecule has 4 N–H and O–H groups in total. The third-order valence-corrected chi connectivity index (χ3v) is 5.14. The Hall–Kier alpha value is -1.60. The number of benzene rings is 1. The van der Waals surface area contributed by atoms with E-state index < -0.39 is 15.4 Å². The van der Waals surface area contributed by atoms with Gasteiger partial charge in [-0.15, -0.1) is 0 Å². The van der Waals surface area contributed by atoms with Crippen molar-refractivity contribution < 1.29 is 13.2 Å². The molecule has 1 aliphatic rings. The van der Waals surface area contributed by atoms with E-state index in [2.05, 4.69) is 10.0 Å². The first-order valence-electron chi connectivity index (χ1n) is 7.01. The molecule has 1 aromatic carbocycles. The van der Waals surface area contributed by atoms with Crippen molar-refractivity contribution in [2.45, 2.75) is 25.2 Å². The molecule has 0 heterocycles. The van der Waals surface area contributed by atoms with Gasteiger partial charge >= 0.3 is 0 Å². The minimum atomic E-state index is -3.30. The molecule has 0 radical (unpaired) electrons. The van der Waals surface area contributed by atoms with E-state index in [1.54, 1.807) is 19.1 Å². The highest BCUT2D eigenvalue weighted by molar-refractivity contribution is 7.89. The molecule has 1 amide bonds. The quantitative estimate of drug-likeness (QED) is 0.633. The van der Waals surface area contributed by atoms with E-state index in [-0.39, 0.29) is 18.2 Å². The first kappa shape index (κ1) is 15.8. The minimum absolute atomic E-state index is 0.107. The second-order valence-electron chi connectivity index (χ2n) is 5.28. The van der Waals surface area contributed by atoms with Crippen LogP contribution in [0.2, 0.25) is 0 Å². The Bertz CT molecular complexity index is 607. The van der Waals surface area contributed by atoms with Gasteiger partial charge in [0.05, 0.1) is 11.2 Å². The summed E-state index contributed by atoms with van der Waals surface area (Å²) in [4.78, 5) is 12.3. The van der Waals surface area contributed by atoms with Crippen LogP contribution in [0.15, 0.2) is 24.3 Å². The summed E-state index contributed by atoms with van der Waals surface area (Å²) in [6.07, 6.45) is 1.56. The van der Waals surface area contributed by atoms with Crippen LogP contribution in [0.4, 0.5) is 5.69 Å². The maximum Gasteiger partial charge on any atom is 0.230 e. The zero-order valence-electron chi connectivity index (χ0n) is 12.1. The van der Waals surface area contributed by atoms with Crippen molar-refractivity contribution in [1.29, 1.82) is 0 Å². The Morgan fingerprint density at radius 2 is 1.90 bits per heavy atom. The van der Waals surface area contributed by atoms with Crippen LogP contribution >= 0.6 is 0 Å². The van der Waals surface area contributed by atoms with E-state index >= 15 is 0 Å². The number of hydrogen-bond acceptors (Lipinski definition) is 4. The van der Waals surface area contributed by atoms with Gasteiger partial charge in [0.15, 0.2) is 0 Å². The van der Waals surface area contributed by atoms with E-state index in [9.17, 15) is 13.2 Å². The average molecular weight is 311 g/mol. The van der Waals surface area contributed by atoms with Gasteiger partial charge in [0.2, 0.25) is 15.9 Å². The van der Waals surface area contributed by atoms with E-state index in [1.165, 1.54) is 0 Å². The highest BCUT2D eigenvalue weighted by Gasteiger charge is 2.51. The molecule has 1 saturated carbocycles. The molecule has 0 saturated heterocycles. The van der Waals surface area contributed by atoms with Crippen LogP contribution in [0.3, 0.4) is 0 Å². The Balaban J connectivity index is 1.93. The lowest BCUT2D eigenvalue weighted by Crippen LogP contribution is -2.39. The average Bonchev–Trinajstić information content (AvgIpc) is 3.20. The maximum absolute atomic E-state index is 12.3. The number of rotatable bonds is 7. The van der Waals surface area contributed by atoms with Crippen molar-refractivity contribution in [1.82, 2.24) is 10.0 Å². The number of anilines is 1. The van der Waals surface area contributed by atoms with Crippen molar-refractivity contribution in [3.63, 3.8) is 0 Å². The monoisotopic (exact) mass is 311 g/mol. The fraction of sp³-hybridized carbons (Fsp3) is 0.500. The lowest BCUT2D eigenvalue weighted by Gasteiger charge is -2.16. The molecule has 0 spiro atoms. The van der Waals surface area contributed by atoms with Gasteiger partial charge in [-0.2, -0.15) is 0 Å². The molecular formula is C14H21N3O3S. The van der Waals surface area contributed by atoms with E-state index in [4.69, 9.17) is 5.73 Å². The fourth-order valence-corrected chi connectivity index (χ4v) is 3.29. The van der Waals surface area contributed by atoms with Crippen LogP contribution in [0.25, 0.3) is 0 Å². The molecule has 1 fully saturated rings. The molecule has 6 nitrogen and oxygen atoms in total. The van der Waals surface area contributed by atoms with E-state index in [0.717, 1.165) is 18.4 Å². The van der Waals surface area contributed by atoms with Crippen LogP contribution in [0.1, 0.15) is 25.3 Å². The predicted molar refractivity (Wildman–Crippen MR) is 82.2 cm³/mol. The summed E-state index contributed by atoms with van der Waals surface area (Å²) in [6.45, 7) is 2.19. The number of amides is 1. The second-order valence-corrected chi connectivity index (χ2v) is 7.20.